The molecule has 1 heterocycles. The molecular formula is C13H19FN2O3S. The van der Waals surface area contributed by atoms with Gasteiger partial charge in [0.05, 0.1) is 4.90 Å². The van der Waals surface area contributed by atoms with Crippen LogP contribution in [-0.4, -0.2) is 28.2 Å². The van der Waals surface area contributed by atoms with Crippen LogP contribution in [0.25, 0.3) is 0 Å². The fourth-order valence-electron chi connectivity index (χ4n) is 2.24. The Balaban J connectivity index is 2.12. The first kappa shape index (κ1) is 15.4. The largest absolute Gasteiger partial charge is 0.381 e. The van der Waals surface area contributed by atoms with Crippen molar-refractivity contribution < 1.29 is 17.5 Å². The summed E-state index contributed by atoms with van der Waals surface area (Å²) in [5.74, 6) is -0.338. The second kappa shape index (κ2) is 6.62. The fraction of sp³-hybridized carbons (Fsp3) is 0.538. The summed E-state index contributed by atoms with van der Waals surface area (Å²) in [5.41, 5.74) is 5.46. The van der Waals surface area contributed by atoms with E-state index in [-0.39, 0.29) is 22.9 Å². The van der Waals surface area contributed by atoms with Crippen LogP contribution in [0.2, 0.25) is 0 Å². The Hall–Kier alpha value is -1.02. The van der Waals surface area contributed by atoms with Crippen molar-refractivity contribution in [2.75, 3.05) is 19.8 Å². The van der Waals surface area contributed by atoms with Crippen molar-refractivity contribution in [1.29, 1.82) is 0 Å². The van der Waals surface area contributed by atoms with Gasteiger partial charge in [0.2, 0.25) is 10.0 Å². The third kappa shape index (κ3) is 3.54. The molecule has 0 aromatic heterocycles. The minimum Gasteiger partial charge on any atom is -0.381 e. The third-order valence-electron chi connectivity index (χ3n) is 3.47. The van der Waals surface area contributed by atoms with Crippen LogP contribution in [0.15, 0.2) is 23.1 Å². The van der Waals surface area contributed by atoms with Crippen LogP contribution >= 0.6 is 0 Å². The van der Waals surface area contributed by atoms with Gasteiger partial charge in [-0.2, -0.15) is 0 Å². The molecule has 2 rings (SSSR count). The second-order valence-electron chi connectivity index (χ2n) is 4.83. The molecule has 1 fully saturated rings. The van der Waals surface area contributed by atoms with E-state index in [0.29, 0.717) is 19.8 Å². The van der Waals surface area contributed by atoms with Gasteiger partial charge in [-0.05, 0) is 30.9 Å². The number of benzene rings is 1. The van der Waals surface area contributed by atoms with Crippen LogP contribution in [0.3, 0.4) is 0 Å². The van der Waals surface area contributed by atoms with Crippen molar-refractivity contribution in [3.05, 3.63) is 29.6 Å². The molecular weight excluding hydrogens is 283 g/mol. The molecule has 0 atom stereocenters. The summed E-state index contributed by atoms with van der Waals surface area (Å²) >= 11 is 0. The van der Waals surface area contributed by atoms with Crippen LogP contribution < -0.4 is 10.5 Å². The Kier molecular flexibility index (Phi) is 5.09. The SMILES string of the molecule is NCc1c(F)cccc1S(=O)(=O)NCC1CCOCC1. The van der Waals surface area contributed by atoms with Gasteiger partial charge in [-0.3, -0.25) is 0 Å². The zero-order chi connectivity index (χ0) is 14.6. The maximum atomic E-state index is 13.6. The lowest BCUT2D eigenvalue weighted by molar-refractivity contribution is 0.0678. The van der Waals surface area contributed by atoms with Crippen molar-refractivity contribution >= 4 is 10.0 Å². The Morgan fingerprint density at radius 3 is 2.70 bits per heavy atom. The monoisotopic (exact) mass is 302 g/mol. The lowest BCUT2D eigenvalue weighted by atomic mass is 10.0. The highest BCUT2D eigenvalue weighted by atomic mass is 32.2. The maximum Gasteiger partial charge on any atom is 0.241 e. The van der Waals surface area contributed by atoms with Crippen LogP contribution in [0.1, 0.15) is 18.4 Å². The highest BCUT2D eigenvalue weighted by Gasteiger charge is 2.22. The average molecular weight is 302 g/mol. The Morgan fingerprint density at radius 1 is 1.35 bits per heavy atom. The van der Waals surface area contributed by atoms with Gasteiger partial charge in [-0.1, -0.05) is 6.07 Å². The van der Waals surface area contributed by atoms with Gasteiger partial charge in [-0.15, -0.1) is 0 Å². The van der Waals surface area contributed by atoms with E-state index in [4.69, 9.17) is 10.5 Å². The first-order chi connectivity index (χ1) is 9.54. The summed E-state index contributed by atoms with van der Waals surface area (Å²) in [6.45, 7) is 1.49. The number of sulfonamides is 1. The predicted octanol–water partition coefficient (Wildman–Crippen LogP) is 0.989. The third-order valence-corrected chi connectivity index (χ3v) is 4.98. The summed E-state index contributed by atoms with van der Waals surface area (Å²) < 4.78 is 45.8. The first-order valence-corrected chi connectivity index (χ1v) is 8.08. The molecule has 0 radical (unpaired) electrons. The van der Waals surface area contributed by atoms with E-state index >= 15 is 0 Å². The van der Waals surface area contributed by atoms with Crippen molar-refractivity contribution in [3.63, 3.8) is 0 Å². The number of rotatable bonds is 5. The van der Waals surface area contributed by atoms with Gasteiger partial charge in [0.15, 0.2) is 0 Å². The van der Waals surface area contributed by atoms with Gasteiger partial charge < -0.3 is 10.5 Å². The van der Waals surface area contributed by atoms with E-state index in [1.165, 1.54) is 18.2 Å². The van der Waals surface area contributed by atoms with Crippen molar-refractivity contribution in [1.82, 2.24) is 4.72 Å². The molecule has 1 aliphatic heterocycles. The molecule has 1 aromatic carbocycles. The van der Waals surface area contributed by atoms with Crippen LogP contribution in [-0.2, 0) is 21.3 Å². The molecule has 0 saturated carbocycles. The summed E-state index contributed by atoms with van der Waals surface area (Å²) in [7, 11) is -3.74. The molecule has 7 heteroatoms. The van der Waals surface area contributed by atoms with E-state index in [0.717, 1.165) is 12.8 Å². The zero-order valence-electron chi connectivity index (χ0n) is 11.1. The molecule has 112 valence electrons. The van der Waals surface area contributed by atoms with Gasteiger partial charge >= 0.3 is 0 Å². The van der Waals surface area contributed by atoms with Crippen molar-refractivity contribution in [3.8, 4) is 0 Å². The lowest BCUT2D eigenvalue weighted by Gasteiger charge is -2.22. The van der Waals surface area contributed by atoms with E-state index in [2.05, 4.69) is 4.72 Å². The van der Waals surface area contributed by atoms with Gasteiger partial charge in [0, 0.05) is 31.9 Å². The second-order valence-corrected chi connectivity index (χ2v) is 6.56. The number of nitrogens with two attached hydrogens (primary N) is 1. The number of ether oxygens (including phenoxy) is 1. The number of hydrogen-bond donors (Lipinski definition) is 2. The molecule has 0 aliphatic carbocycles. The Bertz CT molecular complexity index is 557. The van der Waals surface area contributed by atoms with E-state index in [1.54, 1.807) is 0 Å². The standard InChI is InChI=1S/C13H19FN2O3S/c14-12-2-1-3-13(11(12)8-15)20(17,18)16-9-10-4-6-19-7-5-10/h1-3,10,16H,4-9,15H2. The molecule has 0 unspecified atom stereocenters. The highest BCUT2D eigenvalue weighted by molar-refractivity contribution is 7.89. The summed E-state index contributed by atoms with van der Waals surface area (Å²) in [4.78, 5) is -0.0768. The van der Waals surface area contributed by atoms with E-state index in [1.807, 2.05) is 0 Å². The predicted molar refractivity (Wildman–Crippen MR) is 73.0 cm³/mol. The van der Waals surface area contributed by atoms with Crippen molar-refractivity contribution in [2.24, 2.45) is 11.7 Å². The van der Waals surface area contributed by atoms with Gasteiger partial charge in [0.25, 0.3) is 0 Å². The smallest absolute Gasteiger partial charge is 0.241 e. The quantitative estimate of drug-likeness (QED) is 0.850. The maximum absolute atomic E-state index is 13.6. The molecule has 1 aliphatic rings. The summed E-state index contributed by atoms with van der Waals surface area (Å²) in [6, 6.07) is 3.95. The molecule has 1 saturated heterocycles. The fourth-order valence-corrected chi connectivity index (χ4v) is 3.62. The molecule has 1 aromatic rings. The van der Waals surface area contributed by atoms with Crippen LogP contribution in [0.4, 0.5) is 4.39 Å². The van der Waals surface area contributed by atoms with E-state index < -0.39 is 15.8 Å². The minimum atomic E-state index is -3.74. The zero-order valence-corrected chi connectivity index (χ0v) is 12.0. The molecule has 0 amide bonds. The minimum absolute atomic E-state index is 0.0203. The van der Waals surface area contributed by atoms with E-state index in [9.17, 15) is 12.8 Å². The topological polar surface area (TPSA) is 81.4 Å². The Morgan fingerprint density at radius 2 is 2.05 bits per heavy atom. The molecule has 0 bridgehead atoms. The van der Waals surface area contributed by atoms with Crippen molar-refractivity contribution in [2.45, 2.75) is 24.3 Å². The number of nitrogens with one attached hydrogen (secondary N) is 1. The normalized spacial score (nSPS) is 17.3. The van der Waals surface area contributed by atoms with Gasteiger partial charge in [0.1, 0.15) is 5.82 Å². The molecule has 0 spiro atoms. The number of halogens is 1. The van der Waals surface area contributed by atoms with Crippen LogP contribution in [0, 0.1) is 11.7 Å². The Labute approximate surface area is 118 Å². The number of hydrogen-bond acceptors (Lipinski definition) is 4. The first-order valence-electron chi connectivity index (χ1n) is 6.59. The molecule has 20 heavy (non-hydrogen) atoms. The average Bonchev–Trinajstić information content (AvgIpc) is 2.46. The summed E-state index contributed by atoms with van der Waals surface area (Å²) in [6.07, 6.45) is 1.66. The van der Waals surface area contributed by atoms with Crippen LogP contribution in [0.5, 0.6) is 0 Å². The molecule has 3 N–H and O–H groups in total. The lowest BCUT2D eigenvalue weighted by Crippen LogP contribution is -2.33. The van der Waals surface area contributed by atoms with Gasteiger partial charge in [-0.25, -0.2) is 17.5 Å². The highest BCUT2D eigenvalue weighted by Crippen LogP contribution is 2.19. The molecule has 5 nitrogen and oxygen atoms in total. The summed E-state index contributed by atoms with van der Waals surface area (Å²) in [5, 5.41) is 0.